The first-order valence-corrected chi connectivity index (χ1v) is 7.79. The standard InChI is InChI=1S/C16H22N4O2/c1-11-8-20(9-16(22-11)5-4-6-21-10-16)15-14(7-17)12(2)13(3)18-19-15/h11H,4-6,8-10H2,1-3H3/t11-,16+/m0/s1. The molecule has 0 aliphatic carbocycles. The summed E-state index contributed by atoms with van der Waals surface area (Å²) in [6, 6.07) is 2.29. The van der Waals surface area contributed by atoms with Gasteiger partial charge in [-0.2, -0.15) is 10.4 Å². The van der Waals surface area contributed by atoms with Crippen molar-refractivity contribution in [3.63, 3.8) is 0 Å². The van der Waals surface area contributed by atoms with Crippen molar-refractivity contribution in [1.82, 2.24) is 10.2 Å². The molecular formula is C16H22N4O2. The van der Waals surface area contributed by atoms with Crippen LogP contribution >= 0.6 is 0 Å². The fraction of sp³-hybridized carbons (Fsp3) is 0.688. The Morgan fingerprint density at radius 3 is 2.86 bits per heavy atom. The first-order chi connectivity index (χ1) is 10.5. The van der Waals surface area contributed by atoms with E-state index < -0.39 is 0 Å². The molecule has 0 N–H and O–H groups in total. The van der Waals surface area contributed by atoms with Gasteiger partial charge in [-0.3, -0.25) is 0 Å². The highest BCUT2D eigenvalue weighted by Crippen LogP contribution is 2.33. The molecule has 0 unspecified atom stereocenters. The maximum Gasteiger partial charge on any atom is 0.169 e. The molecule has 1 aromatic rings. The van der Waals surface area contributed by atoms with Crippen LogP contribution in [0.15, 0.2) is 0 Å². The van der Waals surface area contributed by atoms with E-state index in [-0.39, 0.29) is 11.7 Å². The van der Waals surface area contributed by atoms with Gasteiger partial charge in [-0.05, 0) is 39.2 Å². The lowest BCUT2D eigenvalue weighted by Gasteiger charge is -2.47. The molecule has 0 bridgehead atoms. The van der Waals surface area contributed by atoms with Gasteiger partial charge < -0.3 is 14.4 Å². The second-order valence-electron chi connectivity index (χ2n) is 6.37. The average molecular weight is 302 g/mol. The monoisotopic (exact) mass is 302 g/mol. The zero-order valence-electron chi connectivity index (χ0n) is 13.4. The Morgan fingerprint density at radius 2 is 2.18 bits per heavy atom. The number of anilines is 1. The van der Waals surface area contributed by atoms with Crippen molar-refractivity contribution in [2.45, 2.75) is 45.3 Å². The van der Waals surface area contributed by atoms with E-state index in [1.165, 1.54) is 0 Å². The van der Waals surface area contributed by atoms with Gasteiger partial charge in [0.1, 0.15) is 17.2 Å². The fourth-order valence-corrected chi connectivity index (χ4v) is 3.38. The Kier molecular flexibility index (Phi) is 4.02. The summed E-state index contributed by atoms with van der Waals surface area (Å²) in [4.78, 5) is 2.14. The molecule has 0 radical (unpaired) electrons. The molecular weight excluding hydrogens is 280 g/mol. The second kappa shape index (κ2) is 5.82. The quantitative estimate of drug-likeness (QED) is 0.787. The smallest absolute Gasteiger partial charge is 0.169 e. The van der Waals surface area contributed by atoms with E-state index in [4.69, 9.17) is 9.47 Å². The van der Waals surface area contributed by atoms with E-state index in [2.05, 4.69) is 28.1 Å². The van der Waals surface area contributed by atoms with Gasteiger partial charge in [-0.1, -0.05) is 0 Å². The summed E-state index contributed by atoms with van der Waals surface area (Å²) in [5.74, 6) is 0.672. The maximum absolute atomic E-state index is 9.52. The van der Waals surface area contributed by atoms with Crippen LogP contribution < -0.4 is 4.90 Å². The third-order valence-corrected chi connectivity index (χ3v) is 4.54. The number of hydrogen-bond donors (Lipinski definition) is 0. The Labute approximate surface area is 131 Å². The van der Waals surface area contributed by atoms with E-state index in [1.807, 2.05) is 13.8 Å². The van der Waals surface area contributed by atoms with Crippen LogP contribution in [0.1, 0.15) is 36.6 Å². The minimum Gasteiger partial charge on any atom is -0.378 e. The van der Waals surface area contributed by atoms with Crippen molar-refractivity contribution in [2.75, 3.05) is 31.2 Å². The number of nitrogens with zero attached hydrogens (tertiary/aromatic N) is 4. The van der Waals surface area contributed by atoms with E-state index in [0.29, 0.717) is 31.1 Å². The van der Waals surface area contributed by atoms with Crippen molar-refractivity contribution in [3.8, 4) is 6.07 Å². The third kappa shape index (κ3) is 2.67. The minimum atomic E-state index is -0.289. The summed E-state index contributed by atoms with van der Waals surface area (Å²) in [7, 11) is 0. The summed E-state index contributed by atoms with van der Waals surface area (Å²) < 4.78 is 11.8. The van der Waals surface area contributed by atoms with Gasteiger partial charge >= 0.3 is 0 Å². The molecule has 0 aromatic carbocycles. The van der Waals surface area contributed by atoms with Gasteiger partial charge in [0.15, 0.2) is 5.82 Å². The van der Waals surface area contributed by atoms with E-state index in [9.17, 15) is 5.26 Å². The number of rotatable bonds is 1. The number of aromatic nitrogens is 2. The number of morpholine rings is 1. The van der Waals surface area contributed by atoms with Crippen LogP contribution in [-0.2, 0) is 9.47 Å². The van der Waals surface area contributed by atoms with Crippen LogP contribution in [-0.4, -0.2) is 48.2 Å². The van der Waals surface area contributed by atoms with Crippen LogP contribution in [0, 0.1) is 25.2 Å². The van der Waals surface area contributed by atoms with Crippen LogP contribution in [0.3, 0.4) is 0 Å². The second-order valence-corrected chi connectivity index (χ2v) is 6.37. The molecule has 1 aromatic heterocycles. The van der Waals surface area contributed by atoms with Crippen molar-refractivity contribution in [3.05, 3.63) is 16.8 Å². The molecule has 0 amide bonds. The first-order valence-electron chi connectivity index (χ1n) is 7.79. The van der Waals surface area contributed by atoms with Crippen LogP contribution in [0.25, 0.3) is 0 Å². The fourth-order valence-electron chi connectivity index (χ4n) is 3.38. The molecule has 118 valence electrons. The molecule has 2 atom stereocenters. The highest BCUT2D eigenvalue weighted by Gasteiger charge is 2.42. The lowest BCUT2D eigenvalue weighted by molar-refractivity contribution is -0.160. The Hall–Kier alpha value is -1.71. The molecule has 2 saturated heterocycles. The number of aryl methyl sites for hydroxylation is 1. The maximum atomic E-state index is 9.52. The topological polar surface area (TPSA) is 71.3 Å². The zero-order valence-corrected chi connectivity index (χ0v) is 13.4. The van der Waals surface area contributed by atoms with Gasteiger partial charge in [0.25, 0.3) is 0 Å². The SMILES string of the molecule is Cc1nnc(N2C[C@H](C)O[C@]3(CCCOC3)C2)c(C#N)c1C. The van der Waals surface area contributed by atoms with Crippen molar-refractivity contribution in [1.29, 1.82) is 5.26 Å². The van der Waals surface area contributed by atoms with Crippen LogP contribution in [0.5, 0.6) is 0 Å². The Bertz CT molecular complexity index is 605. The van der Waals surface area contributed by atoms with Gasteiger partial charge in [0, 0.05) is 13.2 Å². The summed E-state index contributed by atoms with van der Waals surface area (Å²) in [6.07, 6.45) is 2.06. The van der Waals surface area contributed by atoms with Crippen molar-refractivity contribution < 1.29 is 9.47 Å². The Balaban J connectivity index is 1.94. The largest absolute Gasteiger partial charge is 0.378 e. The van der Waals surface area contributed by atoms with Gasteiger partial charge in [-0.15, -0.1) is 5.10 Å². The summed E-state index contributed by atoms with van der Waals surface area (Å²) in [5, 5.41) is 18.0. The van der Waals surface area contributed by atoms with Gasteiger partial charge in [0.05, 0.1) is 24.9 Å². The van der Waals surface area contributed by atoms with Gasteiger partial charge in [0.2, 0.25) is 0 Å². The van der Waals surface area contributed by atoms with Crippen LogP contribution in [0.4, 0.5) is 5.82 Å². The van der Waals surface area contributed by atoms with E-state index in [0.717, 1.165) is 30.7 Å². The van der Waals surface area contributed by atoms with Gasteiger partial charge in [-0.25, -0.2) is 0 Å². The molecule has 2 fully saturated rings. The molecule has 2 aliphatic rings. The lowest BCUT2D eigenvalue weighted by atomic mass is 9.93. The molecule has 3 rings (SSSR count). The Morgan fingerprint density at radius 1 is 1.36 bits per heavy atom. The third-order valence-electron chi connectivity index (χ3n) is 4.54. The summed E-state index contributed by atoms with van der Waals surface area (Å²) in [5.41, 5.74) is 2.04. The lowest BCUT2D eigenvalue weighted by Crippen LogP contribution is -2.59. The number of ether oxygens (including phenoxy) is 2. The highest BCUT2D eigenvalue weighted by molar-refractivity contribution is 5.58. The molecule has 6 heteroatoms. The molecule has 6 nitrogen and oxygen atoms in total. The molecule has 2 aliphatic heterocycles. The predicted octanol–water partition coefficient (Wildman–Crippen LogP) is 1.74. The number of hydrogen-bond acceptors (Lipinski definition) is 6. The average Bonchev–Trinajstić information content (AvgIpc) is 2.49. The highest BCUT2D eigenvalue weighted by atomic mass is 16.6. The molecule has 0 saturated carbocycles. The van der Waals surface area contributed by atoms with E-state index in [1.54, 1.807) is 0 Å². The minimum absolute atomic E-state index is 0.0744. The molecule has 22 heavy (non-hydrogen) atoms. The normalized spacial score (nSPS) is 28.6. The van der Waals surface area contributed by atoms with Crippen LogP contribution in [0.2, 0.25) is 0 Å². The number of nitriles is 1. The summed E-state index contributed by atoms with van der Waals surface area (Å²) in [6.45, 7) is 8.68. The molecule has 3 heterocycles. The first kappa shape index (κ1) is 15.2. The zero-order chi connectivity index (χ0) is 15.7. The predicted molar refractivity (Wildman–Crippen MR) is 81.8 cm³/mol. The summed E-state index contributed by atoms with van der Waals surface area (Å²) >= 11 is 0. The van der Waals surface area contributed by atoms with Crippen molar-refractivity contribution in [2.24, 2.45) is 0 Å². The molecule has 1 spiro atoms. The van der Waals surface area contributed by atoms with Crippen molar-refractivity contribution >= 4 is 5.82 Å². The van der Waals surface area contributed by atoms with E-state index >= 15 is 0 Å².